The van der Waals surface area contributed by atoms with Gasteiger partial charge in [0.05, 0.1) is 0 Å². The van der Waals surface area contributed by atoms with Crippen molar-refractivity contribution in [1.29, 1.82) is 0 Å². The fourth-order valence-electron chi connectivity index (χ4n) is 2.72. The van der Waals surface area contributed by atoms with Gasteiger partial charge in [0.1, 0.15) is 0 Å². The molecule has 1 saturated carbocycles. The van der Waals surface area contributed by atoms with Gasteiger partial charge in [-0.05, 0) is 50.5 Å². The molecule has 2 rings (SSSR count). The Bertz CT molecular complexity index is 504. The highest BCUT2D eigenvalue weighted by molar-refractivity contribution is 5.96. The maximum absolute atomic E-state index is 12.2. The first kappa shape index (κ1) is 16.5. The Hall–Kier alpha value is -1.84. The molecule has 2 N–H and O–H groups in total. The minimum absolute atomic E-state index is 0.0699. The summed E-state index contributed by atoms with van der Waals surface area (Å²) in [6.07, 6.45) is 6.41. The molecule has 22 heavy (non-hydrogen) atoms. The summed E-state index contributed by atoms with van der Waals surface area (Å²) in [7, 11) is 0. The fraction of sp³-hybridized carbons (Fsp3) is 0.556. The van der Waals surface area contributed by atoms with Crippen LogP contribution in [0, 0.1) is 5.92 Å². The zero-order valence-electron chi connectivity index (χ0n) is 13.5. The summed E-state index contributed by atoms with van der Waals surface area (Å²) in [5, 5.41) is 5.89. The van der Waals surface area contributed by atoms with Crippen molar-refractivity contribution in [1.82, 2.24) is 5.32 Å². The van der Waals surface area contributed by atoms with E-state index in [0.717, 1.165) is 37.8 Å². The number of anilines is 1. The highest BCUT2D eigenvalue weighted by Gasteiger charge is 2.21. The minimum atomic E-state index is -0.0699. The Morgan fingerprint density at radius 3 is 2.36 bits per heavy atom. The molecule has 0 radical (unpaired) electrons. The van der Waals surface area contributed by atoms with E-state index in [1.807, 2.05) is 13.8 Å². The van der Waals surface area contributed by atoms with E-state index in [1.165, 1.54) is 6.42 Å². The monoisotopic (exact) mass is 302 g/mol. The standard InChI is InChI=1S/C18H26N2O2/c1-3-13(2)19-17(21)15-9-11-16(12-10-15)20-18(22)14-7-5-4-6-8-14/h9-14H,3-8H2,1-2H3,(H,19,21)(H,20,22)/t13-/m1/s1. The Labute approximate surface area is 132 Å². The summed E-state index contributed by atoms with van der Waals surface area (Å²) in [6.45, 7) is 4.02. The molecule has 120 valence electrons. The van der Waals surface area contributed by atoms with Gasteiger partial charge in [0, 0.05) is 23.2 Å². The van der Waals surface area contributed by atoms with Gasteiger partial charge >= 0.3 is 0 Å². The third-order valence-electron chi connectivity index (χ3n) is 4.38. The lowest BCUT2D eigenvalue weighted by molar-refractivity contribution is -0.120. The third kappa shape index (κ3) is 4.58. The van der Waals surface area contributed by atoms with Gasteiger partial charge in [0.2, 0.25) is 5.91 Å². The largest absolute Gasteiger partial charge is 0.350 e. The van der Waals surface area contributed by atoms with Gasteiger partial charge in [-0.2, -0.15) is 0 Å². The molecule has 0 saturated heterocycles. The van der Waals surface area contributed by atoms with Crippen LogP contribution in [0.1, 0.15) is 62.7 Å². The maximum Gasteiger partial charge on any atom is 0.251 e. The van der Waals surface area contributed by atoms with Gasteiger partial charge in [-0.15, -0.1) is 0 Å². The molecule has 1 aromatic rings. The normalized spacial score (nSPS) is 16.8. The summed E-state index contributed by atoms with van der Waals surface area (Å²) >= 11 is 0. The van der Waals surface area contributed by atoms with E-state index in [-0.39, 0.29) is 23.8 Å². The van der Waals surface area contributed by atoms with Crippen molar-refractivity contribution in [3.63, 3.8) is 0 Å². The van der Waals surface area contributed by atoms with Gasteiger partial charge < -0.3 is 10.6 Å². The maximum atomic E-state index is 12.2. The van der Waals surface area contributed by atoms with Crippen LogP contribution in [0.4, 0.5) is 5.69 Å². The van der Waals surface area contributed by atoms with Crippen LogP contribution in [0.15, 0.2) is 24.3 Å². The molecule has 1 fully saturated rings. The van der Waals surface area contributed by atoms with Gasteiger partial charge in [-0.3, -0.25) is 9.59 Å². The number of hydrogen-bond acceptors (Lipinski definition) is 2. The number of carbonyl (C=O) groups excluding carboxylic acids is 2. The fourth-order valence-corrected chi connectivity index (χ4v) is 2.72. The topological polar surface area (TPSA) is 58.2 Å². The molecule has 4 nitrogen and oxygen atoms in total. The van der Waals surface area contributed by atoms with E-state index in [1.54, 1.807) is 24.3 Å². The van der Waals surface area contributed by atoms with Gasteiger partial charge in [-0.1, -0.05) is 26.2 Å². The number of nitrogens with one attached hydrogen (secondary N) is 2. The first-order valence-corrected chi connectivity index (χ1v) is 8.32. The van der Waals surface area contributed by atoms with Crippen molar-refractivity contribution in [2.24, 2.45) is 5.92 Å². The quantitative estimate of drug-likeness (QED) is 0.870. The lowest BCUT2D eigenvalue weighted by Crippen LogP contribution is -2.31. The molecule has 4 heteroatoms. The third-order valence-corrected chi connectivity index (χ3v) is 4.38. The predicted octanol–water partition coefficient (Wildman–Crippen LogP) is 3.73. The van der Waals surface area contributed by atoms with Crippen LogP contribution in [0.2, 0.25) is 0 Å². The predicted molar refractivity (Wildman–Crippen MR) is 88.9 cm³/mol. The molecule has 1 atom stereocenters. The second-order valence-electron chi connectivity index (χ2n) is 6.18. The molecule has 1 aliphatic rings. The van der Waals surface area contributed by atoms with Crippen LogP contribution in [-0.2, 0) is 4.79 Å². The van der Waals surface area contributed by atoms with Crippen LogP contribution in [-0.4, -0.2) is 17.9 Å². The van der Waals surface area contributed by atoms with E-state index >= 15 is 0 Å². The van der Waals surface area contributed by atoms with Crippen molar-refractivity contribution >= 4 is 17.5 Å². The Morgan fingerprint density at radius 2 is 1.77 bits per heavy atom. The summed E-state index contributed by atoms with van der Waals surface area (Å²) in [5.41, 5.74) is 1.38. The number of benzene rings is 1. The van der Waals surface area contributed by atoms with E-state index in [0.29, 0.717) is 5.56 Å². The summed E-state index contributed by atoms with van der Waals surface area (Å²) in [6, 6.07) is 7.28. The zero-order valence-corrected chi connectivity index (χ0v) is 13.5. The average Bonchev–Trinajstić information content (AvgIpc) is 2.56. The molecule has 1 aliphatic carbocycles. The molecule has 0 heterocycles. The Kier molecular flexibility index (Phi) is 5.99. The summed E-state index contributed by atoms with van der Waals surface area (Å²) < 4.78 is 0. The smallest absolute Gasteiger partial charge is 0.251 e. The van der Waals surface area contributed by atoms with E-state index in [9.17, 15) is 9.59 Å². The van der Waals surface area contributed by atoms with Crippen molar-refractivity contribution in [2.75, 3.05) is 5.32 Å². The average molecular weight is 302 g/mol. The Balaban J connectivity index is 1.91. The van der Waals surface area contributed by atoms with Gasteiger partial charge in [0.25, 0.3) is 5.91 Å². The highest BCUT2D eigenvalue weighted by Crippen LogP contribution is 2.25. The Morgan fingerprint density at radius 1 is 1.14 bits per heavy atom. The van der Waals surface area contributed by atoms with Crippen molar-refractivity contribution < 1.29 is 9.59 Å². The molecule has 2 amide bonds. The van der Waals surface area contributed by atoms with Crippen LogP contribution >= 0.6 is 0 Å². The van der Waals surface area contributed by atoms with Crippen molar-refractivity contribution in [3.05, 3.63) is 29.8 Å². The number of hydrogen-bond donors (Lipinski definition) is 2. The molecule has 0 aromatic heterocycles. The van der Waals surface area contributed by atoms with Crippen LogP contribution in [0.5, 0.6) is 0 Å². The van der Waals surface area contributed by atoms with Gasteiger partial charge in [-0.25, -0.2) is 0 Å². The number of rotatable bonds is 5. The molecular formula is C18H26N2O2. The zero-order chi connectivity index (χ0) is 15.9. The van der Waals surface area contributed by atoms with E-state index in [2.05, 4.69) is 10.6 Å². The SMILES string of the molecule is CC[C@@H](C)NC(=O)c1ccc(NC(=O)C2CCCCC2)cc1. The first-order chi connectivity index (χ1) is 10.6. The molecule has 1 aromatic carbocycles. The molecular weight excluding hydrogens is 276 g/mol. The van der Waals surface area contributed by atoms with Crippen LogP contribution < -0.4 is 10.6 Å². The lowest BCUT2D eigenvalue weighted by Gasteiger charge is -2.20. The number of amides is 2. The second kappa shape index (κ2) is 7.97. The molecule has 0 spiro atoms. The molecule has 0 aliphatic heterocycles. The lowest BCUT2D eigenvalue weighted by atomic mass is 9.88. The highest BCUT2D eigenvalue weighted by atomic mass is 16.2. The van der Waals surface area contributed by atoms with Crippen LogP contribution in [0.25, 0.3) is 0 Å². The minimum Gasteiger partial charge on any atom is -0.350 e. The molecule has 0 unspecified atom stereocenters. The summed E-state index contributed by atoms with van der Waals surface area (Å²) in [5.74, 6) is 0.179. The van der Waals surface area contributed by atoms with E-state index < -0.39 is 0 Å². The molecule has 0 bridgehead atoms. The first-order valence-electron chi connectivity index (χ1n) is 8.32. The van der Waals surface area contributed by atoms with E-state index in [4.69, 9.17) is 0 Å². The van der Waals surface area contributed by atoms with Crippen LogP contribution in [0.3, 0.4) is 0 Å². The number of carbonyl (C=O) groups is 2. The van der Waals surface area contributed by atoms with Crippen molar-refractivity contribution in [3.8, 4) is 0 Å². The summed E-state index contributed by atoms with van der Waals surface area (Å²) in [4.78, 5) is 24.2. The van der Waals surface area contributed by atoms with Gasteiger partial charge in [0.15, 0.2) is 0 Å². The van der Waals surface area contributed by atoms with Crippen molar-refractivity contribution in [2.45, 2.75) is 58.4 Å². The second-order valence-corrected chi connectivity index (χ2v) is 6.18.